The Morgan fingerprint density at radius 2 is 1.05 bits per heavy atom. The van der Waals surface area contributed by atoms with Crippen molar-refractivity contribution in [2.24, 2.45) is 17.6 Å². The highest BCUT2D eigenvalue weighted by molar-refractivity contribution is 6.00. The molecule has 32 nitrogen and oxygen atoms in total. The fraction of sp³-hybridized carbons (Fsp3) is 0.578. The third-order valence-corrected chi connectivity index (χ3v) is 16.8. The number of imidazole rings is 1. The van der Waals surface area contributed by atoms with Gasteiger partial charge in [-0.25, -0.2) is 9.78 Å². The molecular weight excluding hydrogens is 1250 g/mol. The summed E-state index contributed by atoms with van der Waals surface area (Å²) < 4.78 is 0. The zero-order valence-corrected chi connectivity index (χ0v) is 55.2. The Bertz CT molecular complexity index is 3150. The predicted molar refractivity (Wildman–Crippen MR) is 343 cm³/mol. The molecule has 5 rings (SSSR count). The van der Waals surface area contributed by atoms with E-state index in [1.807, 2.05) is 0 Å². The van der Waals surface area contributed by atoms with Crippen molar-refractivity contribution >= 4 is 70.9 Å². The summed E-state index contributed by atoms with van der Waals surface area (Å²) in [6.07, 6.45) is -1.14. The minimum absolute atomic E-state index is 0.000846. The van der Waals surface area contributed by atoms with Gasteiger partial charge in [-0.05, 0) is 101 Å². The Labute approximate surface area is 555 Å². The van der Waals surface area contributed by atoms with Gasteiger partial charge >= 0.3 is 5.97 Å². The maximum absolute atomic E-state index is 14.7. The number of amides is 11. The highest BCUT2D eigenvalue weighted by atomic mass is 16.4. The number of nitrogens with one attached hydrogen (secondary N) is 10. The molecule has 1 aromatic heterocycles. The van der Waals surface area contributed by atoms with Crippen LogP contribution in [0.15, 0.2) is 67.1 Å². The molecule has 32 heteroatoms. The topological polar surface area (TPSA) is 496 Å². The maximum atomic E-state index is 14.7. The number of aromatic amines is 1. The molecular formula is C64H94N14O18. The van der Waals surface area contributed by atoms with E-state index in [0.717, 1.165) is 4.90 Å². The molecule has 11 amide bonds. The van der Waals surface area contributed by atoms with Crippen molar-refractivity contribution in [1.29, 1.82) is 0 Å². The molecule has 96 heavy (non-hydrogen) atoms. The molecule has 2 saturated heterocycles. The number of nitrogens with two attached hydrogens (primary N) is 1. The second-order valence-corrected chi connectivity index (χ2v) is 25.0. The first-order chi connectivity index (χ1) is 45.3. The number of hydrogen-bond donors (Lipinski definition) is 17. The number of H-pyrrole nitrogens is 1. The van der Waals surface area contributed by atoms with Crippen LogP contribution in [0.2, 0.25) is 0 Å². The number of phenols is 1. The minimum Gasteiger partial charge on any atom is -0.508 e. The van der Waals surface area contributed by atoms with Gasteiger partial charge in [-0.3, -0.25) is 52.7 Å². The molecule has 2 aliphatic rings. The molecule has 3 heterocycles. The van der Waals surface area contributed by atoms with E-state index in [9.17, 15) is 88.2 Å². The summed E-state index contributed by atoms with van der Waals surface area (Å²) in [5, 5.41) is 83.9. The highest BCUT2D eigenvalue weighted by Crippen LogP contribution is 2.24. The van der Waals surface area contributed by atoms with Gasteiger partial charge in [-0.1, -0.05) is 76.6 Å². The lowest BCUT2D eigenvalue weighted by atomic mass is 9.97. The molecule has 0 unspecified atom stereocenters. The van der Waals surface area contributed by atoms with E-state index in [4.69, 9.17) is 5.73 Å². The molecule has 18 N–H and O–H groups in total. The SMILES string of the molecule is CC[C@H](C)[C@H](NC(=O)[C@H](Cc1cnc[nH]1)NC(=O)[C@H](CO)NC(=O)[C@@H](N)Cc1ccc(O)cc1)C(=O)N[C@@H](C)C(=O)N[C@H](C(=O)N[C@@H](CC(C)C)C(=O)N1CCC[C@H]1C(=O)N[C@@H](Cc1ccccc1)C(=O)N[C@H](C(=O)N1CCC[C@H]1C(=O)N[C@H](C(=O)O)[C@@H](C)O)[C@@H](C)O)[C@@H](C)O. The Morgan fingerprint density at radius 1 is 0.552 bits per heavy atom. The number of phenolic OH excluding ortho intramolecular Hbond substituents is 1. The minimum atomic E-state index is -1.74. The van der Waals surface area contributed by atoms with Crippen LogP contribution in [0.1, 0.15) is 111 Å². The average Bonchev–Trinajstić information content (AvgIpc) is 1.58. The molecule has 0 saturated carbocycles. The van der Waals surface area contributed by atoms with Gasteiger partial charge in [-0.15, -0.1) is 0 Å². The van der Waals surface area contributed by atoms with Gasteiger partial charge < -0.3 is 99.0 Å². The van der Waals surface area contributed by atoms with Gasteiger partial charge in [-0.2, -0.15) is 0 Å². The lowest BCUT2D eigenvalue weighted by Crippen LogP contribution is -2.62. The number of carboxylic acids is 1. The number of aliphatic hydroxyl groups excluding tert-OH is 4. The largest absolute Gasteiger partial charge is 0.508 e. The Hall–Kier alpha value is -9.11. The zero-order valence-electron chi connectivity index (χ0n) is 55.2. The number of aromatic nitrogens is 2. The van der Waals surface area contributed by atoms with Gasteiger partial charge in [0.15, 0.2) is 6.04 Å². The van der Waals surface area contributed by atoms with Crippen LogP contribution in [0.3, 0.4) is 0 Å². The van der Waals surface area contributed by atoms with Crippen LogP contribution >= 0.6 is 0 Å². The summed E-state index contributed by atoms with van der Waals surface area (Å²) in [6, 6.07) is -2.92. The lowest BCUT2D eigenvalue weighted by Gasteiger charge is -2.33. The van der Waals surface area contributed by atoms with E-state index in [0.29, 0.717) is 36.1 Å². The van der Waals surface area contributed by atoms with Gasteiger partial charge in [0.1, 0.15) is 66.2 Å². The number of aromatic hydroxyl groups is 1. The Kier molecular flexibility index (Phi) is 29.7. The lowest BCUT2D eigenvalue weighted by molar-refractivity contribution is -0.148. The van der Waals surface area contributed by atoms with E-state index >= 15 is 0 Å². The van der Waals surface area contributed by atoms with Crippen molar-refractivity contribution in [3.63, 3.8) is 0 Å². The predicted octanol–water partition coefficient (Wildman–Crippen LogP) is -3.85. The van der Waals surface area contributed by atoms with E-state index < -0.39 is 174 Å². The first kappa shape index (κ1) is 77.6. The summed E-state index contributed by atoms with van der Waals surface area (Å²) in [5.41, 5.74) is 7.63. The summed E-state index contributed by atoms with van der Waals surface area (Å²) in [5.74, 6) is -12.1. The van der Waals surface area contributed by atoms with E-state index in [1.54, 1.807) is 70.2 Å². The quantitative estimate of drug-likeness (QED) is 0.0268. The van der Waals surface area contributed by atoms with Crippen LogP contribution in [-0.2, 0) is 76.8 Å². The van der Waals surface area contributed by atoms with Crippen molar-refractivity contribution < 1.29 is 88.2 Å². The Morgan fingerprint density at radius 3 is 1.58 bits per heavy atom. The highest BCUT2D eigenvalue weighted by Gasteiger charge is 2.44. The first-order valence-electron chi connectivity index (χ1n) is 32.1. The first-order valence-corrected chi connectivity index (χ1v) is 32.1. The molecule has 0 spiro atoms. The molecule has 2 aromatic carbocycles. The van der Waals surface area contributed by atoms with Crippen LogP contribution in [0.5, 0.6) is 5.75 Å². The Balaban J connectivity index is 1.26. The van der Waals surface area contributed by atoms with Crippen LogP contribution in [0.4, 0.5) is 0 Å². The second-order valence-electron chi connectivity index (χ2n) is 25.0. The van der Waals surface area contributed by atoms with Crippen LogP contribution in [0.25, 0.3) is 0 Å². The third-order valence-electron chi connectivity index (χ3n) is 16.8. The van der Waals surface area contributed by atoms with Crippen molar-refractivity contribution in [1.82, 2.24) is 67.6 Å². The molecule has 2 aliphatic heterocycles. The van der Waals surface area contributed by atoms with Crippen LogP contribution in [-0.4, -0.2) is 232 Å². The van der Waals surface area contributed by atoms with Crippen LogP contribution < -0.4 is 53.6 Å². The monoisotopic (exact) mass is 1350 g/mol. The number of aliphatic hydroxyl groups is 4. The third kappa shape index (κ3) is 22.2. The van der Waals surface area contributed by atoms with Gasteiger partial charge in [0.2, 0.25) is 65.0 Å². The van der Waals surface area contributed by atoms with Crippen molar-refractivity contribution in [3.05, 3.63) is 83.9 Å². The number of aliphatic carboxylic acids is 1. The van der Waals surface area contributed by atoms with Crippen LogP contribution in [0, 0.1) is 11.8 Å². The van der Waals surface area contributed by atoms with E-state index in [2.05, 4.69) is 57.8 Å². The maximum Gasteiger partial charge on any atom is 0.328 e. The number of likely N-dealkylation sites (tertiary alicyclic amines) is 2. The van der Waals surface area contributed by atoms with Gasteiger partial charge in [0, 0.05) is 37.8 Å². The molecule has 0 bridgehead atoms. The molecule has 0 aliphatic carbocycles. The second kappa shape index (κ2) is 36.7. The van der Waals surface area contributed by atoms with Crippen molar-refractivity contribution in [2.45, 2.75) is 204 Å². The fourth-order valence-electron chi connectivity index (χ4n) is 11.1. The summed E-state index contributed by atoms with van der Waals surface area (Å²) in [4.78, 5) is 175. The molecule has 16 atom stereocenters. The number of rotatable bonds is 35. The molecule has 3 aromatic rings. The fourth-order valence-corrected chi connectivity index (χ4v) is 11.1. The number of hydrogen-bond acceptors (Lipinski definition) is 19. The summed E-state index contributed by atoms with van der Waals surface area (Å²) in [7, 11) is 0. The number of nitrogens with zero attached hydrogens (tertiary/aromatic N) is 3. The van der Waals surface area contributed by atoms with Gasteiger partial charge in [0.05, 0.1) is 37.3 Å². The van der Waals surface area contributed by atoms with E-state index in [1.165, 1.54) is 57.3 Å². The summed E-state index contributed by atoms with van der Waals surface area (Å²) in [6.45, 7) is 10.9. The molecule has 2 fully saturated rings. The number of benzene rings is 2. The average molecular weight is 1350 g/mol. The molecule has 0 radical (unpaired) electrons. The summed E-state index contributed by atoms with van der Waals surface area (Å²) >= 11 is 0. The number of carbonyl (C=O) groups is 12. The van der Waals surface area contributed by atoms with Crippen molar-refractivity contribution in [3.8, 4) is 5.75 Å². The standard InChI is InChI=1S/C64H94N14O18/c1-9-33(4)49(73-56(87)44(28-40-29-66-31-67-40)69-57(88)46(30-79)72-54(85)42(65)26-39-19-21-41(83)22-20-39)60(91)68-34(5)53(84)74-50(35(6)80)61(92)71-45(25-32(2)3)62(93)77-23-13-17-47(77)58(89)70-43(27-38-15-11-10-12-16-38)55(86)75-51(36(7)81)63(94)78-24-14-18-48(78)59(90)76-52(37(8)82)64(95)96/h10-12,15-16,19-22,29,31-37,42-52,79-83H,9,13-14,17-18,23-28,30,65H2,1-8H3,(H,66,67)(H,68,91)(H,69,88)(H,70,89)(H,71,92)(H,72,85)(H,73,87)(H,74,84)(H,75,86)(H,76,90)(H,95,96)/t33-,34-,35+,36+,37+,42-,43-,44-,45-,46-,47-,48-,49-,50-,51-,52-/m0/s1. The van der Waals surface area contributed by atoms with Crippen molar-refractivity contribution in [2.75, 3.05) is 19.7 Å². The number of carbonyl (C=O) groups excluding carboxylic acids is 11. The smallest absolute Gasteiger partial charge is 0.328 e. The number of carboxylic acid groups (broad SMARTS) is 1. The zero-order chi connectivity index (χ0) is 71.2. The van der Waals surface area contributed by atoms with Gasteiger partial charge in [0.25, 0.3) is 0 Å². The van der Waals surface area contributed by atoms with E-state index in [-0.39, 0.29) is 63.3 Å². The molecule has 528 valence electrons. The normalized spacial score (nSPS) is 18.9.